The zero-order chi connectivity index (χ0) is 14.9. The molecule has 3 nitrogen and oxygen atoms in total. The highest BCUT2D eigenvalue weighted by atomic mass is 19.1. The molecular formula is C16H22FNO2. The molecule has 2 atom stereocenters. The summed E-state index contributed by atoms with van der Waals surface area (Å²) in [4.78, 5) is 13.7. The number of phenols is 1. The second-order valence-corrected chi connectivity index (χ2v) is 5.68. The van der Waals surface area contributed by atoms with Crippen molar-refractivity contribution in [3.05, 3.63) is 29.1 Å². The lowest BCUT2D eigenvalue weighted by Gasteiger charge is -2.28. The maximum Gasteiger partial charge on any atom is 0.163 e. The average molecular weight is 279 g/mol. The van der Waals surface area contributed by atoms with Crippen LogP contribution >= 0.6 is 0 Å². The first-order valence-corrected chi connectivity index (χ1v) is 7.22. The number of rotatable bonds is 4. The monoisotopic (exact) mass is 279 g/mol. The molecule has 20 heavy (non-hydrogen) atoms. The van der Waals surface area contributed by atoms with E-state index in [9.17, 15) is 14.3 Å². The van der Waals surface area contributed by atoms with Crippen LogP contribution in [0.5, 0.6) is 5.75 Å². The first-order chi connectivity index (χ1) is 9.43. The standard InChI is InChI=1S/C16H22FNO2/c1-4-14-6-5-10(2)18(14)9-12-7-13(17)8-15(11(3)19)16(12)20/h7-8,10,14,20H,4-6,9H2,1-3H3. The smallest absolute Gasteiger partial charge is 0.163 e. The van der Waals surface area contributed by atoms with Crippen LogP contribution in [0, 0.1) is 5.82 Å². The number of hydrogen-bond acceptors (Lipinski definition) is 3. The summed E-state index contributed by atoms with van der Waals surface area (Å²) in [6.07, 6.45) is 3.29. The number of carbonyl (C=O) groups excluding carboxylic acids is 1. The lowest BCUT2D eigenvalue weighted by molar-refractivity contribution is 0.101. The van der Waals surface area contributed by atoms with Gasteiger partial charge in [0.05, 0.1) is 5.56 Å². The summed E-state index contributed by atoms with van der Waals surface area (Å²) in [6.45, 7) is 6.12. The summed E-state index contributed by atoms with van der Waals surface area (Å²) < 4.78 is 13.6. The van der Waals surface area contributed by atoms with E-state index in [0.29, 0.717) is 24.2 Å². The Morgan fingerprint density at radius 3 is 2.75 bits per heavy atom. The Morgan fingerprint density at radius 2 is 2.15 bits per heavy atom. The largest absolute Gasteiger partial charge is 0.507 e. The maximum absolute atomic E-state index is 13.6. The van der Waals surface area contributed by atoms with E-state index in [-0.39, 0.29) is 17.1 Å². The molecule has 0 aromatic heterocycles. The van der Waals surface area contributed by atoms with Crippen molar-refractivity contribution < 1.29 is 14.3 Å². The van der Waals surface area contributed by atoms with Crippen LogP contribution in [0.15, 0.2) is 12.1 Å². The second kappa shape index (κ2) is 5.92. The van der Waals surface area contributed by atoms with Crippen molar-refractivity contribution in [2.24, 2.45) is 0 Å². The van der Waals surface area contributed by atoms with Gasteiger partial charge < -0.3 is 5.11 Å². The fourth-order valence-electron chi connectivity index (χ4n) is 3.09. The van der Waals surface area contributed by atoms with Crippen LogP contribution in [0.1, 0.15) is 56.0 Å². The van der Waals surface area contributed by atoms with Gasteiger partial charge >= 0.3 is 0 Å². The molecule has 2 rings (SSSR count). The Kier molecular flexibility index (Phi) is 4.43. The molecule has 0 spiro atoms. The topological polar surface area (TPSA) is 40.5 Å². The molecule has 0 aliphatic carbocycles. The van der Waals surface area contributed by atoms with Crippen molar-refractivity contribution in [2.75, 3.05) is 0 Å². The van der Waals surface area contributed by atoms with Gasteiger partial charge in [0.1, 0.15) is 11.6 Å². The SMILES string of the molecule is CCC1CCC(C)N1Cc1cc(F)cc(C(C)=O)c1O. The van der Waals surface area contributed by atoms with Gasteiger partial charge in [0.25, 0.3) is 0 Å². The van der Waals surface area contributed by atoms with E-state index in [1.807, 2.05) is 0 Å². The minimum Gasteiger partial charge on any atom is -0.507 e. The molecule has 1 aliphatic rings. The number of halogens is 1. The van der Waals surface area contributed by atoms with Crippen LogP contribution < -0.4 is 0 Å². The van der Waals surface area contributed by atoms with Gasteiger partial charge in [-0.05, 0) is 45.2 Å². The summed E-state index contributed by atoms with van der Waals surface area (Å²) in [7, 11) is 0. The molecule has 0 amide bonds. The third-order valence-electron chi connectivity index (χ3n) is 4.31. The number of likely N-dealkylation sites (tertiary alicyclic amines) is 1. The fourth-order valence-corrected chi connectivity index (χ4v) is 3.09. The number of carbonyl (C=O) groups is 1. The molecule has 1 aliphatic heterocycles. The quantitative estimate of drug-likeness (QED) is 0.858. The van der Waals surface area contributed by atoms with Crippen molar-refractivity contribution in [3.63, 3.8) is 0 Å². The number of phenolic OH excluding ortho intramolecular Hbond substituents is 1. The van der Waals surface area contributed by atoms with Crippen molar-refractivity contribution in [3.8, 4) is 5.75 Å². The van der Waals surface area contributed by atoms with E-state index in [0.717, 1.165) is 25.3 Å². The molecule has 2 unspecified atom stereocenters. The zero-order valence-electron chi connectivity index (χ0n) is 12.3. The van der Waals surface area contributed by atoms with Crippen LogP contribution in [0.25, 0.3) is 0 Å². The number of benzene rings is 1. The molecular weight excluding hydrogens is 257 g/mol. The number of aromatic hydroxyl groups is 1. The predicted octanol–water partition coefficient (Wildman–Crippen LogP) is 3.50. The Bertz CT molecular complexity index is 515. The van der Waals surface area contributed by atoms with E-state index < -0.39 is 5.82 Å². The summed E-state index contributed by atoms with van der Waals surface area (Å²) in [5.41, 5.74) is 0.572. The molecule has 1 saturated heterocycles. The summed E-state index contributed by atoms with van der Waals surface area (Å²) in [5.74, 6) is -0.861. The summed E-state index contributed by atoms with van der Waals surface area (Å²) in [6, 6.07) is 3.32. The van der Waals surface area contributed by atoms with Crippen LogP contribution in [0.2, 0.25) is 0 Å². The van der Waals surface area contributed by atoms with Crippen LogP contribution in [-0.4, -0.2) is 27.9 Å². The minimum atomic E-state index is -0.470. The number of Topliss-reactive ketones (excluding diaryl/α,β-unsaturated/α-hetero) is 1. The molecule has 1 N–H and O–H groups in total. The molecule has 1 fully saturated rings. The highest BCUT2D eigenvalue weighted by Gasteiger charge is 2.30. The van der Waals surface area contributed by atoms with Crippen LogP contribution in [0.4, 0.5) is 4.39 Å². The van der Waals surface area contributed by atoms with E-state index in [1.54, 1.807) is 0 Å². The lowest BCUT2D eigenvalue weighted by Crippen LogP contribution is -2.33. The second-order valence-electron chi connectivity index (χ2n) is 5.68. The molecule has 110 valence electrons. The maximum atomic E-state index is 13.6. The van der Waals surface area contributed by atoms with Gasteiger partial charge in [-0.15, -0.1) is 0 Å². The number of nitrogens with zero attached hydrogens (tertiary/aromatic N) is 1. The summed E-state index contributed by atoms with van der Waals surface area (Å²) >= 11 is 0. The van der Waals surface area contributed by atoms with Crippen molar-refractivity contribution in [1.29, 1.82) is 0 Å². The first-order valence-electron chi connectivity index (χ1n) is 7.22. The van der Waals surface area contributed by atoms with Gasteiger partial charge in [-0.3, -0.25) is 9.69 Å². The van der Waals surface area contributed by atoms with Gasteiger partial charge in [-0.25, -0.2) is 4.39 Å². The molecule has 4 heteroatoms. The molecule has 0 radical (unpaired) electrons. The molecule has 1 aromatic carbocycles. The van der Waals surface area contributed by atoms with Gasteiger partial charge in [0.2, 0.25) is 0 Å². The zero-order valence-corrected chi connectivity index (χ0v) is 12.3. The number of ketones is 1. The van der Waals surface area contributed by atoms with Crippen molar-refractivity contribution >= 4 is 5.78 Å². The lowest BCUT2D eigenvalue weighted by atomic mass is 10.0. The molecule has 1 aromatic rings. The normalized spacial score (nSPS) is 23.2. The van der Waals surface area contributed by atoms with E-state index in [1.165, 1.54) is 13.0 Å². The Labute approximate surface area is 119 Å². The highest BCUT2D eigenvalue weighted by Crippen LogP contribution is 2.32. The molecule has 0 saturated carbocycles. The third kappa shape index (κ3) is 2.85. The minimum absolute atomic E-state index is 0.0694. The Hall–Kier alpha value is -1.42. The van der Waals surface area contributed by atoms with Gasteiger partial charge in [0, 0.05) is 24.2 Å². The van der Waals surface area contributed by atoms with Crippen molar-refractivity contribution in [2.45, 2.75) is 58.7 Å². The third-order valence-corrected chi connectivity index (χ3v) is 4.31. The van der Waals surface area contributed by atoms with Crippen LogP contribution in [-0.2, 0) is 6.54 Å². The highest BCUT2D eigenvalue weighted by molar-refractivity contribution is 5.97. The van der Waals surface area contributed by atoms with Crippen LogP contribution in [0.3, 0.4) is 0 Å². The average Bonchev–Trinajstić information content (AvgIpc) is 2.74. The first kappa shape index (κ1) is 15.0. The van der Waals surface area contributed by atoms with Gasteiger partial charge in [-0.1, -0.05) is 6.92 Å². The molecule has 1 heterocycles. The van der Waals surface area contributed by atoms with E-state index in [2.05, 4.69) is 18.7 Å². The molecule has 0 bridgehead atoms. The van der Waals surface area contributed by atoms with E-state index in [4.69, 9.17) is 0 Å². The number of hydrogen-bond donors (Lipinski definition) is 1. The Balaban J connectivity index is 2.31. The summed E-state index contributed by atoms with van der Waals surface area (Å²) in [5, 5.41) is 10.2. The van der Waals surface area contributed by atoms with Gasteiger partial charge in [-0.2, -0.15) is 0 Å². The van der Waals surface area contributed by atoms with Gasteiger partial charge in [0.15, 0.2) is 5.78 Å². The van der Waals surface area contributed by atoms with Crippen molar-refractivity contribution in [1.82, 2.24) is 4.90 Å². The predicted molar refractivity (Wildman–Crippen MR) is 76.4 cm³/mol. The van der Waals surface area contributed by atoms with E-state index >= 15 is 0 Å². The Morgan fingerprint density at radius 1 is 1.45 bits per heavy atom. The fraction of sp³-hybridized carbons (Fsp3) is 0.562.